The van der Waals surface area contributed by atoms with Crippen molar-refractivity contribution in [3.05, 3.63) is 53.6 Å². The number of rotatable bonds is 6. The van der Waals surface area contributed by atoms with E-state index in [1.54, 1.807) is 6.07 Å². The Hall–Kier alpha value is -3.15. The number of nitrogens with zero attached hydrogens (tertiary/aromatic N) is 3. The van der Waals surface area contributed by atoms with E-state index in [0.29, 0.717) is 23.9 Å². The van der Waals surface area contributed by atoms with Gasteiger partial charge in [0.2, 0.25) is 5.88 Å². The number of aryl methyl sites for hydroxylation is 2. The lowest BCUT2D eigenvalue weighted by Gasteiger charge is -2.09. The zero-order chi connectivity index (χ0) is 20.3. The molecule has 1 N–H and O–H groups in total. The Bertz CT molecular complexity index is 1030. The molecule has 0 unspecified atom stereocenters. The second kappa shape index (κ2) is 8.25. The third-order valence-electron chi connectivity index (χ3n) is 4.42. The molecular weight excluding hydrogens is 354 g/mol. The first-order valence-corrected chi connectivity index (χ1v) is 9.31. The number of carbonyl (C=O) groups is 1. The average Bonchev–Trinajstić information content (AvgIpc) is 2.89. The number of hydrogen-bond donors (Lipinski definition) is 1. The molecule has 6 nitrogen and oxygen atoms in total. The third-order valence-corrected chi connectivity index (χ3v) is 4.42. The summed E-state index contributed by atoms with van der Waals surface area (Å²) in [7, 11) is 0. The largest absolute Gasteiger partial charge is 0.493 e. The topological polar surface area (TPSA) is 76.2 Å². The van der Waals surface area contributed by atoms with Crippen LogP contribution in [0.1, 0.15) is 25.0 Å². The van der Waals surface area contributed by atoms with Crippen LogP contribution in [0.25, 0.3) is 10.9 Å². The van der Waals surface area contributed by atoms with Crippen molar-refractivity contribution in [2.24, 2.45) is 16.1 Å². The van der Waals surface area contributed by atoms with E-state index in [2.05, 4.69) is 24.1 Å². The van der Waals surface area contributed by atoms with Gasteiger partial charge in [0.05, 0.1) is 5.52 Å². The van der Waals surface area contributed by atoms with Crippen LogP contribution in [0.3, 0.4) is 0 Å². The summed E-state index contributed by atoms with van der Waals surface area (Å²) in [6, 6.07) is 13.3. The van der Waals surface area contributed by atoms with Crippen LogP contribution in [0.2, 0.25) is 0 Å². The normalized spacial score (nSPS) is 11.6. The van der Waals surface area contributed by atoms with Gasteiger partial charge in [-0.2, -0.15) is 0 Å². The molecular formula is C22H25N3O3. The van der Waals surface area contributed by atoms with Gasteiger partial charge in [-0.05, 0) is 43.5 Å². The Morgan fingerprint density at radius 3 is 2.64 bits per heavy atom. The smallest absolute Gasteiger partial charge is 0.302 e. The van der Waals surface area contributed by atoms with Gasteiger partial charge in [-0.15, -0.1) is 10.2 Å². The first-order valence-electron chi connectivity index (χ1n) is 9.31. The number of ether oxygens (including phenoxy) is 1. The zero-order valence-electron chi connectivity index (χ0n) is 16.6. The number of para-hydroxylation sites is 1. The van der Waals surface area contributed by atoms with Gasteiger partial charge in [0, 0.05) is 11.9 Å². The molecule has 146 valence electrons. The van der Waals surface area contributed by atoms with E-state index < -0.39 is 5.91 Å². The third kappa shape index (κ3) is 4.22. The van der Waals surface area contributed by atoms with Gasteiger partial charge in [0.25, 0.3) is 0 Å². The molecule has 0 aliphatic rings. The zero-order valence-corrected chi connectivity index (χ0v) is 16.6. The highest BCUT2D eigenvalue weighted by Crippen LogP contribution is 2.39. The van der Waals surface area contributed by atoms with Gasteiger partial charge in [0.15, 0.2) is 12.3 Å². The van der Waals surface area contributed by atoms with Crippen LogP contribution in [0.4, 0.5) is 5.69 Å². The van der Waals surface area contributed by atoms with Gasteiger partial charge in [-0.1, -0.05) is 43.7 Å². The van der Waals surface area contributed by atoms with Crippen molar-refractivity contribution < 1.29 is 14.6 Å². The average molecular weight is 379 g/mol. The van der Waals surface area contributed by atoms with Crippen LogP contribution < -0.4 is 4.74 Å². The van der Waals surface area contributed by atoms with Crippen LogP contribution in [-0.4, -0.2) is 22.2 Å². The molecule has 2 aromatic carbocycles. The molecule has 0 radical (unpaired) electrons. The van der Waals surface area contributed by atoms with Crippen molar-refractivity contribution in [2.75, 3.05) is 6.61 Å². The molecule has 0 spiro atoms. The molecule has 0 aliphatic heterocycles. The highest BCUT2D eigenvalue weighted by molar-refractivity contribution is 5.95. The van der Waals surface area contributed by atoms with E-state index in [1.807, 2.05) is 54.8 Å². The minimum Gasteiger partial charge on any atom is -0.493 e. The molecule has 1 aromatic heterocycles. The lowest BCUT2D eigenvalue weighted by atomic mass is 10.1. The number of aromatic nitrogens is 1. The van der Waals surface area contributed by atoms with E-state index in [4.69, 9.17) is 4.74 Å². The van der Waals surface area contributed by atoms with Crippen molar-refractivity contribution in [1.82, 2.24) is 4.57 Å². The van der Waals surface area contributed by atoms with Crippen molar-refractivity contribution in [1.29, 1.82) is 0 Å². The summed E-state index contributed by atoms with van der Waals surface area (Å²) in [6.45, 7) is 8.47. The van der Waals surface area contributed by atoms with Crippen LogP contribution in [0.5, 0.6) is 11.6 Å². The number of fused-ring (bicyclic) bond motifs is 1. The number of benzene rings is 2. The maximum atomic E-state index is 12.1. The maximum absolute atomic E-state index is 12.1. The van der Waals surface area contributed by atoms with Crippen molar-refractivity contribution in [3.8, 4) is 11.6 Å². The van der Waals surface area contributed by atoms with Crippen molar-refractivity contribution in [2.45, 2.75) is 34.2 Å². The minimum atomic E-state index is -0.514. The Balaban J connectivity index is 1.84. The fourth-order valence-corrected chi connectivity index (χ4v) is 3.08. The van der Waals surface area contributed by atoms with Gasteiger partial charge in [-0.25, -0.2) is 0 Å². The summed E-state index contributed by atoms with van der Waals surface area (Å²) >= 11 is 0. The maximum Gasteiger partial charge on any atom is 0.302 e. The van der Waals surface area contributed by atoms with Crippen LogP contribution in [0, 0.1) is 19.8 Å². The van der Waals surface area contributed by atoms with Gasteiger partial charge < -0.3 is 14.4 Å². The first kappa shape index (κ1) is 19.6. The number of aromatic hydroxyl groups is 1. The Morgan fingerprint density at radius 1 is 1.18 bits per heavy atom. The molecule has 0 saturated carbocycles. The molecule has 3 rings (SSSR count). The number of carbonyl (C=O) groups excluding carboxylic acids is 1. The minimum absolute atomic E-state index is 0.0191. The molecule has 6 heteroatoms. The summed E-state index contributed by atoms with van der Waals surface area (Å²) in [6.07, 6.45) is 0. The Morgan fingerprint density at radius 2 is 1.93 bits per heavy atom. The van der Waals surface area contributed by atoms with Crippen LogP contribution in [-0.2, 0) is 11.3 Å². The summed E-state index contributed by atoms with van der Waals surface area (Å²) in [5.41, 5.74) is 3.16. The Labute approximate surface area is 164 Å². The lowest BCUT2D eigenvalue weighted by molar-refractivity contribution is -0.120. The van der Waals surface area contributed by atoms with Crippen LogP contribution in [0.15, 0.2) is 52.7 Å². The predicted octanol–water partition coefficient (Wildman–Crippen LogP) is 5.31. The number of hydrogen-bond acceptors (Lipinski definition) is 4. The number of azo groups is 1. The molecule has 0 atom stereocenters. The van der Waals surface area contributed by atoms with Gasteiger partial charge >= 0.3 is 5.91 Å². The van der Waals surface area contributed by atoms with Crippen molar-refractivity contribution in [3.63, 3.8) is 0 Å². The molecule has 0 fully saturated rings. The summed E-state index contributed by atoms with van der Waals surface area (Å²) < 4.78 is 7.32. The molecule has 28 heavy (non-hydrogen) atoms. The second-order valence-electron chi connectivity index (χ2n) is 7.35. The van der Waals surface area contributed by atoms with Gasteiger partial charge in [-0.3, -0.25) is 4.79 Å². The highest BCUT2D eigenvalue weighted by atomic mass is 16.5. The first-order chi connectivity index (χ1) is 13.4. The lowest BCUT2D eigenvalue weighted by Crippen LogP contribution is -2.08. The standard InChI is InChI=1S/C22H25N3O3/c1-14(2)12-25-18-10-9-15(3)11-17(18)21(22(25)27)24-23-20(26)13-28-19-8-6-5-7-16(19)4/h5-11,14,27H,12-13H2,1-4H3. The summed E-state index contributed by atoms with van der Waals surface area (Å²) in [5, 5.41) is 19.3. The SMILES string of the molecule is Cc1ccc2c(c1)c(N=NC(=O)COc1ccccc1C)c(O)n2CC(C)C. The Kier molecular flexibility index (Phi) is 5.78. The fraction of sp³-hybridized carbons (Fsp3) is 0.318. The number of amides is 1. The van der Waals surface area contributed by atoms with E-state index in [-0.39, 0.29) is 12.5 Å². The predicted molar refractivity (Wildman–Crippen MR) is 109 cm³/mol. The summed E-state index contributed by atoms with van der Waals surface area (Å²) in [4.78, 5) is 12.1. The molecule has 3 aromatic rings. The monoisotopic (exact) mass is 379 g/mol. The van der Waals surface area contributed by atoms with Gasteiger partial charge in [0.1, 0.15) is 5.75 Å². The molecule has 0 bridgehead atoms. The van der Waals surface area contributed by atoms with E-state index >= 15 is 0 Å². The van der Waals surface area contributed by atoms with E-state index in [9.17, 15) is 9.90 Å². The second-order valence-corrected chi connectivity index (χ2v) is 7.35. The summed E-state index contributed by atoms with van der Waals surface area (Å²) in [5.74, 6) is 0.487. The van der Waals surface area contributed by atoms with Crippen LogP contribution >= 0.6 is 0 Å². The molecule has 1 amide bonds. The van der Waals surface area contributed by atoms with E-state index in [0.717, 1.165) is 22.0 Å². The van der Waals surface area contributed by atoms with Crippen molar-refractivity contribution >= 4 is 22.5 Å². The quantitative estimate of drug-likeness (QED) is 0.590. The fourth-order valence-electron chi connectivity index (χ4n) is 3.08. The highest BCUT2D eigenvalue weighted by Gasteiger charge is 2.18. The van der Waals surface area contributed by atoms with E-state index in [1.165, 1.54) is 0 Å². The molecule has 1 heterocycles. The molecule has 0 saturated heterocycles. The molecule has 0 aliphatic carbocycles.